The van der Waals surface area contributed by atoms with Crippen molar-refractivity contribution in [2.24, 2.45) is 22.7 Å². The molecule has 0 saturated heterocycles. The Labute approximate surface area is 342 Å². The third kappa shape index (κ3) is 10.5. The number of carbonyl (C=O) groups excluding carboxylic acids is 1. The Kier molecular flexibility index (Phi) is 14.1. The predicted molar refractivity (Wildman–Crippen MR) is 218 cm³/mol. The normalized spacial score (nSPS) is 12.9. The van der Waals surface area contributed by atoms with E-state index in [0.717, 1.165) is 67.2 Å². The standard InChI is InChI=1S/C34H31F3NO2.C13H24O2.Ir/c1-32(2,3)17-19-7-11-23-27(13-19)39-30-24-16-22(34(35,36)37)10-9-21(24)15-25(29(23)30)31-38-26-12-8-20(14-28(26)40-31)18-33(4,5)6;1-5-10(6-2)12(14)9-13(15)11(7-3)8-4;/h7-14,16H,17-18H2,1-6H3;9-11,14H,5-8H2,1-4H3;/q-1;;/b;12-9-;. The first kappa shape index (κ1) is 44.8. The van der Waals surface area contributed by atoms with E-state index in [2.05, 4.69) is 53.7 Å². The molecule has 2 aromatic heterocycles. The molecule has 1 radical (unpaired) electrons. The molecule has 0 atom stereocenters. The summed E-state index contributed by atoms with van der Waals surface area (Å²) in [5, 5.41) is 12.0. The molecule has 6 aromatic rings. The number of halogens is 3. The van der Waals surface area contributed by atoms with Gasteiger partial charge in [-0.05, 0) is 94.8 Å². The van der Waals surface area contributed by atoms with Gasteiger partial charge in [0.2, 0.25) is 0 Å². The number of rotatable bonds is 10. The third-order valence-electron chi connectivity index (χ3n) is 10.1. The van der Waals surface area contributed by atoms with Crippen molar-refractivity contribution in [2.45, 2.75) is 114 Å². The Morgan fingerprint density at radius 3 is 1.89 bits per heavy atom. The summed E-state index contributed by atoms with van der Waals surface area (Å²) in [6.07, 6.45) is 2.15. The molecule has 303 valence electrons. The fourth-order valence-electron chi connectivity index (χ4n) is 7.25. The van der Waals surface area contributed by atoms with Crippen LogP contribution in [0.4, 0.5) is 13.2 Å². The van der Waals surface area contributed by atoms with Gasteiger partial charge in [-0.1, -0.05) is 105 Å². The van der Waals surface area contributed by atoms with E-state index in [1.54, 1.807) is 0 Å². The van der Waals surface area contributed by atoms with Gasteiger partial charge in [-0.25, -0.2) is 4.98 Å². The van der Waals surface area contributed by atoms with E-state index in [1.807, 2.05) is 58.0 Å². The Morgan fingerprint density at radius 2 is 1.34 bits per heavy atom. The number of ketones is 1. The first-order valence-corrected chi connectivity index (χ1v) is 19.5. The molecule has 0 spiro atoms. The van der Waals surface area contributed by atoms with Gasteiger partial charge in [0.25, 0.3) is 0 Å². The van der Waals surface area contributed by atoms with Gasteiger partial charge in [-0.3, -0.25) is 4.79 Å². The summed E-state index contributed by atoms with van der Waals surface area (Å²) in [7, 11) is 0. The number of benzene rings is 4. The summed E-state index contributed by atoms with van der Waals surface area (Å²) in [5.74, 6) is 0.905. The number of alkyl halides is 3. The van der Waals surface area contributed by atoms with Crippen LogP contribution in [0, 0.1) is 28.7 Å². The summed E-state index contributed by atoms with van der Waals surface area (Å²) in [6, 6.07) is 19.0. The molecule has 2 heterocycles. The van der Waals surface area contributed by atoms with Crippen molar-refractivity contribution in [1.82, 2.24) is 4.98 Å². The third-order valence-corrected chi connectivity index (χ3v) is 10.1. The van der Waals surface area contributed by atoms with Gasteiger partial charge < -0.3 is 13.9 Å². The van der Waals surface area contributed by atoms with Crippen molar-refractivity contribution >= 4 is 49.6 Å². The second-order valence-corrected chi connectivity index (χ2v) is 17.2. The maximum absolute atomic E-state index is 13.7. The zero-order chi connectivity index (χ0) is 40.5. The van der Waals surface area contributed by atoms with Gasteiger partial charge >= 0.3 is 6.18 Å². The van der Waals surface area contributed by atoms with Gasteiger partial charge in [0.05, 0.1) is 16.9 Å². The number of aliphatic hydroxyl groups is 1. The van der Waals surface area contributed by atoms with Crippen LogP contribution in [0.25, 0.3) is 55.3 Å². The first-order valence-electron chi connectivity index (χ1n) is 19.5. The van der Waals surface area contributed by atoms with Crippen LogP contribution in [-0.4, -0.2) is 15.9 Å². The average molecular weight is 947 g/mol. The molecule has 6 rings (SSSR count). The number of hydrogen-bond donors (Lipinski definition) is 1. The van der Waals surface area contributed by atoms with Gasteiger partial charge in [0.1, 0.15) is 11.2 Å². The van der Waals surface area contributed by atoms with Gasteiger partial charge in [-0.2, -0.15) is 13.2 Å². The minimum absolute atomic E-state index is 0. The minimum atomic E-state index is -4.48. The molecular weight excluding hydrogens is 892 g/mol. The maximum Gasteiger partial charge on any atom is 0.415 e. The van der Waals surface area contributed by atoms with Crippen molar-refractivity contribution in [2.75, 3.05) is 0 Å². The summed E-state index contributed by atoms with van der Waals surface area (Å²) >= 11 is 0. The van der Waals surface area contributed by atoms with Crippen LogP contribution in [0.5, 0.6) is 0 Å². The molecule has 0 unspecified atom stereocenters. The molecule has 0 amide bonds. The number of aromatic nitrogens is 1. The molecule has 5 nitrogen and oxygen atoms in total. The van der Waals surface area contributed by atoms with E-state index in [0.29, 0.717) is 49.9 Å². The topological polar surface area (TPSA) is 76.5 Å². The van der Waals surface area contributed by atoms with Gasteiger partial charge in [0.15, 0.2) is 11.7 Å². The molecule has 0 saturated carbocycles. The van der Waals surface area contributed by atoms with Gasteiger partial charge in [0, 0.05) is 43.6 Å². The average Bonchev–Trinajstić information content (AvgIpc) is 3.69. The van der Waals surface area contributed by atoms with Crippen molar-refractivity contribution in [1.29, 1.82) is 0 Å². The van der Waals surface area contributed by atoms with Crippen LogP contribution < -0.4 is 0 Å². The number of allylic oxidation sites excluding steroid dienone is 2. The first-order chi connectivity index (χ1) is 25.7. The van der Waals surface area contributed by atoms with Crippen molar-refractivity contribution in [3.63, 3.8) is 0 Å². The molecular formula is C47H55F3IrNO4-. The summed E-state index contributed by atoms with van der Waals surface area (Å²) in [5.41, 5.74) is 4.61. The summed E-state index contributed by atoms with van der Waals surface area (Å²) < 4.78 is 53.6. The smallest absolute Gasteiger partial charge is 0.415 e. The zero-order valence-corrected chi connectivity index (χ0v) is 36.7. The van der Waals surface area contributed by atoms with E-state index in [9.17, 15) is 23.1 Å². The van der Waals surface area contributed by atoms with Crippen molar-refractivity contribution in [3.05, 3.63) is 89.2 Å². The number of aliphatic hydroxyl groups excluding tert-OH is 1. The number of carbonyl (C=O) groups is 1. The Morgan fingerprint density at radius 1 is 0.768 bits per heavy atom. The van der Waals surface area contributed by atoms with E-state index >= 15 is 0 Å². The Hall–Kier alpha value is -3.94. The molecule has 0 aliphatic rings. The largest absolute Gasteiger partial charge is 0.512 e. The minimum Gasteiger partial charge on any atom is -0.512 e. The van der Waals surface area contributed by atoms with Crippen LogP contribution in [-0.2, 0) is 43.9 Å². The molecule has 0 bridgehead atoms. The molecule has 0 fully saturated rings. The maximum atomic E-state index is 13.7. The number of furan rings is 1. The second kappa shape index (κ2) is 17.7. The second-order valence-electron chi connectivity index (χ2n) is 17.2. The fraction of sp³-hybridized carbons (Fsp3) is 0.447. The fourth-order valence-corrected chi connectivity index (χ4v) is 7.25. The zero-order valence-electron chi connectivity index (χ0n) is 34.3. The van der Waals surface area contributed by atoms with E-state index in [1.165, 1.54) is 12.1 Å². The molecule has 4 aromatic carbocycles. The van der Waals surface area contributed by atoms with E-state index in [-0.39, 0.29) is 54.3 Å². The SMILES string of the molecule is CC(C)(C)Cc1ccc2nc(-c3[c-]c4ccc(C(F)(F)F)cc4c4oc5cc(CC(C)(C)C)ccc5c34)oc2c1.CCC(CC)C(=O)/C=C(\O)C(CC)CC.[Ir]. The quantitative estimate of drug-likeness (QED) is 0.0841. The van der Waals surface area contributed by atoms with Gasteiger partial charge in [-0.15, -0.1) is 17.5 Å². The summed E-state index contributed by atoms with van der Waals surface area (Å²) in [4.78, 5) is 16.5. The number of hydrogen-bond acceptors (Lipinski definition) is 5. The van der Waals surface area contributed by atoms with Crippen molar-refractivity contribution < 1.29 is 52.0 Å². The van der Waals surface area contributed by atoms with Crippen LogP contribution in [0.15, 0.2) is 75.3 Å². The monoisotopic (exact) mass is 947 g/mol. The van der Waals surface area contributed by atoms with E-state index in [4.69, 9.17) is 13.8 Å². The number of oxazole rings is 1. The predicted octanol–water partition coefficient (Wildman–Crippen LogP) is 14.4. The van der Waals surface area contributed by atoms with Crippen LogP contribution in [0.1, 0.15) is 112 Å². The Bertz CT molecular complexity index is 2330. The number of fused-ring (bicyclic) bond motifs is 6. The molecule has 9 heteroatoms. The molecule has 56 heavy (non-hydrogen) atoms. The Balaban J connectivity index is 0.000000372. The van der Waals surface area contributed by atoms with Crippen LogP contribution in [0.2, 0.25) is 0 Å². The molecule has 0 aliphatic carbocycles. The van der Waals surface area contributed by atoms with Crippen molar-refractivity contribution in [3.8, 4) is 11.5 Å². The van der Waals surface area contributed by atoms with E-state index < -0.39 is 11.7 Å². The molecule has 0 aliphatic heterocycles. The summed E-state index contributed by atoms with van der Waals surface area (Å²) in [6.45, 7) is 21.1. The van der Waals surface area contributed by atoms with Crippen LogP contribution >= 0.6 is 0 Å². The molecule has 1 N–H and O–H groups in total. The van der Waals surface area contributed by atoms with Crippen LogP contribution in [0.3, 0.4) is 0 Å². The number of nitrogens with zero attached hydrogens (tertiary/aromatic N) is 1.